The normalized spacial score (nSPS) is 27.0. The lowest BCUT2D eigenvalue weighted by Gasteiger charge is -2.23. The van der Waals surface area contributed by atoms with Crippen LogP contribution in [0.4, 0.5) is 0 Å². The number of amides is 1. The highest BCUT2D eigenvalue weighted by molar-refractivity contribution is 5.83. The average molecular weight is 301 g/mol. The number of carbonyl (C=O) groups excluding carboxylic acids is 1. The zero-order chi connectivity index (χ0) is 15.9. The van der Waals surface area contributed by atoms with Gasteiger partial charge in [-0.3, -0.25) is 9.59 Å². The number of carbonyl (C=O) groups is 2. The van der Waals surface area contributed by atoms with Crippen molar-refractivity contribution in [3.8, 4) is 0 Å². The number of aliphatic carboxylic acids is 1. The third-order valence-corrected chi connectivity index (χ3v) is 5.62. The van der Waals surface area contributed by atoms with Crippen LogP contribution in [0.1, 0.15) is 36.0 Å². The highest BCUT2D eigenvalue weighted by atomic mass is 16.4. The molecular weight excluding hydrogens is 278 g/mol. The highest BCUT2D eigenvalue weighted by Gasteiger charge is 2.55. The summed E-state index contributed by atoms with van der Waals surface area (Å²) >= 11 is 0. The molecular formula is C18H23NO3. The molecule has 2 aliphatic rings. The van der Waals surface area contributed by atoms with E-state index >= 15 is 0 Å². The van der Waals surface area contributed by atoms with E-state index < -0.39 is 11.4 Å². The molecule has 0 aromatic heterocycles. The molecule has 2 fully saturated rings. The molecule has 0 radical (unpaired) electrons. The van der Waals surface area contributed by atoms with Gasteiger partial charge in [0.15, 0.2) is 0 Å². The van der Waals surface area contributed by atoms with Crippen LogP contribution in [0, 0.1) is 25.2 Å². The number of hydrogen-bond acceptors (Lipinski definition) is 2. The largest absolute Gasteiger partial charge is 0.481 e. The minimum absolute atomic E-state index is 0.0624. The third-order valence-electron chi connectivity index (χ3n) is 5.62. The molecule has 2 atom stereocenters. The Morgan fingerprint density at radius 1 is 1.32 bits per heavy atom. The van der Waals surface area contributed by atoms with Gasteiger partial charge < -0.3 is 10.0 Å². The first kappa shape index (κ1) is 15.1. The molecule has 4 heteroatoms. The Kier molecular flexibility index (Phi) is 3.71. The zero-order valence-corrected chi connectivity index (χ0v) is 13.3. The molecule has 1 heterocycles. The van der Waals surface area contributed by atoms with Gasteiger partial charge >= 0.3 is 5.97 Å². The Bertz CT molecular complexity index is 605. The summed E-state index contributed by atoms with van der Waals surface area (Å²) in [7, 11) is 0. The van der Waals surface area contributed by atoms with Crippen molar-refractivity contribution in [2.75, 3.05) is 13.1 Å². The number of carboxylic acid groups (broad SMARTS) is 1. The number of nitrogens with zero attached hydrogens (tertiary/aromatic N) is 1. The monoisotopic (exact) mass is 301 g/mol. The number of benzene rings is 1. The summed E-state index contributed by atoms with van der Waals surface area (Å²) in [5.41, 5.74) is 2.64. The van der Waals surface area contributed by atoms with E-state index in [2.05, 4.69) is 0 Å². The number of carboxylic acids is 1. The van der Waals surface area contributed by atoms with Gasteiger partial charge in [-0.25, -0.2) is 0 Å². The Balaban J connectivity index is 1.76. The molecule has 1 amide bonds. The van der Waals surface area contributed by atoms with E-state index in [-0.39, 0.29) is 11.8 Å². The van der Waals surface area contributed by atoms with Crippen molar-refractivity contribution in [3.05, 3.63) is 34.9 Å². The van der Waals surface area contributed by atoms with E-state index in [0.717, 1.165) is 29.5 Å². The van der Waals surface area contributed by atoms with E-state index in [9.17, 15) is 14.7 Å². The maximum atomic E-state index is 12.6. The van der Waals surface area contributed by atoms with E-state index in [0.29, 0.717) is 25.9 Å². The Labute approximate surface area is 131 Å². The number of fused-ring (bicyclic) bond motifs is 1. The van der Waals surface area contributed by atoms with Crippen LogP contribution in [0.15, 0.2) is 18.2 Å². The van der Waals surface area contributed by atoms with Crippen molar-refractivity contribution in [2.24, 2.45) is 11.3 Å². The molecule has 1 saturated carbocycles. The lowest BCUT2D eigenvalue weighted by atomic mass is 9.81. The summed E-state index contributed by atoms with van der Waals surface area (Å²) in [5, 5.41) is 9.61. The van der Waals surface area contributed by atoms with Crippen LogP contribution >= 0.6 is 0 Å². The molecule has 1 aromatic rings. The van der Waals surface area contributed by atoms with Crippen LogP contribution in [0.3, 0.4) is 0 Å². The van der Waals surface area contributed by atoms with Gasteiger partial charge in [0.25, 0.3) is 0 Å². The van der Waals surface area contributed by atoms with Crippen LogP contribution < -0.4 is 0 Å². The lowest BCUT2D eigenvalue weighted by Crippen LogP contribution is -2.37. The highest BCUT2D eigenvalue weighted by Crippen LogP contribution is 2.48. The molecule has 3 rings (SSSR count). The maximum absolute atomic E-state index is 12.6. The molecule has 1 aromatic carbocycles. The van der Waals surface area contributed by atoms with Gasteiger partial charge in [-0.2, -0.15) is 0 Å². The van der Waals surface area contributed by atoms with Crippen molar-refractivity contribution in [2.45, 2.75) is 39.5 Å². The first-order valence-electron chi connectivity index (χ1n) is 8.00. The predicted octanol–water partition coefficient (Wildman–Crippen LogP) is 2.56. The molecule has 1 aliphatic carbocycles. The summed E-state index contributed by atoms with van der Waals surface area (Å²) in [6.07, 6.45) is 2.98. The van der Waals surface area contributed by atoms with Crippen molar-refractivity contribution in [1.82, 2.24) is 4.90 Å². The van der Waals surface area contributed by atoms with E-state index in [1.54, 1.807) is 4.90 Å². The molecule has 1 N–H and O–H groups in total. The molecule has 0 bridgehead atoms. The smallest absolute Gasteiger partial charge is 0.311 e. The fourth-order valence-corrected chi connectivity index (χ4v) is 4.22. The molecule has 0 spiro atoms. The second-order valence-electron chi connectivity index (χ2n) is 6.87. The van der Waals surface area contributed by atoms with Gasteiger partial charge in [0.2, 0.25) is 5.91 Å². The van der Waals surface area contributed by atoms with Crippen molar-refractivity contribution < 1.29 is 14.7 Å². The van der Waals surface area contributed by atoms with Gasteiger partial charge in [0, 0.05) is 13.1 Å². The fraction of sp³-hybridized carbons (Fsp3) is 0.556. The van der Waals surface area contributed by atoms with Crippen molar-refractivity contribution in [1.29, 1.82) is 0 Å². The van der Waals surface area contributed by atoms with Crippen LogP contribution in [0.2, 0.25) is 0 Å². The van der Waals surface area contributed by atoms with E-state index in [1.165, 1.54) is 0 Å². The van der Waals surface area contributed by atoms with Crippen LogP contribution in [0.25, 0.3) is 0 Å². The fourth-order valence-electron chi connectivity index (χ4n) is 4.22. The van der Waals surface area contributed by atoms with E-state index in [4.69, 9.17) is 0 Å². The standard InChI is InChI=1S/C18H23NO3/c1-12-5-3-6-13(2)15(12)9-16(20)19-10-14-7-4-8-18(14,11-19)17(21)22/h3,5-6,14H,4,7-11H2,1-2H3,(H,21,22)/t14-,18+/m0/s1. The Morgan fingerprint density at radius 2 is 2.00 bits per heavy atom. The summed E-state index contributed by atoms with van der Waals surface area (Å²) in [6, 6.07) is 6.04. The van der Waals surface area contributed by atoms with Gasteiger partial charge in [-0.1, -0.05) is 24.6 Å². The third kappa shape index (κ3) is 2.31. The van der Waals surface area contributed by atoms with Crippen molar-refractivity contribution in [3.63, 3.8) is 0 Å². The molecule has 1 saturated heterocycles. The summed E-state index contributed by atoms with van der Waals surface area (Å²) in [4.78, 5) is 26.1. The number of aryl methyl sites for hydroxylation is 2. The van der Waals surface area contributed by atoms with E-state index in [1.807, 2.05) is 32.0 Å². The Hall–Kier alpha value is -1.84. The summed E-state index contributed by atoms with van der Waals surface area (Å²) in [5.74, 6) is -0.531. The first-order valence-corrected chi connectivity index (χ1v) is 8.00. The summed E-state index contributed by atoms with van der Waals surface area (Å²) in [6.45, 7) is 5.03. The lowest BCUT2D eigenvalue weighted by molar-refractivity contribution is -0.149. The maximum Gasteiger partial charge on any atom is 0.311 e. The number of rotatable bonds is 3. The predicted molar refractivity (Wildman–Crippen MR) is 83.6 cm³/mol. The first-order chi connectivity index (χ1) is 10.4. The van der Waals surface area contributed by atoms with Crippen LogP contribution in [-0.4, -0.2) is 35.0 Å². The number of likely N-dealkylation sites (tertiary alicyclic amines) is 1. The van der Waals surface area contributed by atoms with Crippen molar-refractivity contribution >= 4 is 11.9 Å². The molecule has 22 heavy (non-hydrogen) atoms. The topological polar surface area (TPSA) is 57.6 Å². The molecule has 0 unspecified atom stereocenters. The molecule has 118 valence electrons. The van der Waals surface area contributed by atoms with Gasteiger partial charge in [0.05, 0.1) is 11.8 Å². The van der Waals surface area contributed by atoms with Crippen LogP contribution in [-0.2, 0) is 16.0 Å². The minimum atomic E-state index is -0.725. The Morgan fingerprint density at radius 3 is 2.59 bits per heavy atom. The van der Waals surface area contributed by atoms with Gasteiger partial charge in [-0.05, 0) is 49.3 Å². The average Bonchev–Trinajstić information content (AvgIpc) is 3.00. The van der Waals surface area contributed by atoms with Gasteiger partial charge in [0.1, 0.15) is 0 Å². The molecule has 4 nitrogen and oxygen atoms in total. The second-order valence-corrected chi connectivity index (χ2v) is 6.87. The quantitative estimate of drug-likeness (QED) is 0.933. The molecule has 1 aliphatic heterocycles. The minimum Gasteiger partial charge on any atom is -0.481 e. The summed E-state index contributed by atoms with van der Waals surface area (Å²) < 4.78 is 0. The number of hydrogen-bond donors (Lipinski definition) is 1. The second kappa shape index (κ2) is 5.41. The SMILES string of the molecule is Cc1cccc(C)c1CC(=O)N1C[C@@H]2CCC[C@@]2(C(=O)O)C1. The zero-order valence-electron chi connectivity index (χ0n) is 13.3. The van der Waals surface area contributed by atoms with Gasteiger partial charge in [-0.15, -0.1) is 0 Å². The van der Waals surface area contributed by atoms with Crippen LogP contribution in [0.5, 0.6) is 0 Å².